The summed E-state index contributed by atoms with van der Waals surface area (Å²) in [6.07, 6.45) is 1.75. The Labute approximate surface area is 128 Å². The molecule has 0 aliphatic carbocycles. The largest absolute Gasteiger partial charge is 0.480 e. The second-order valence-electron chi connectivity index (χ2n) is 4.48. The van der Waals surface area contributed by atoms with Gasteiger partial charge in [0.25, 0.3) is 0 Å². The highest BCUT2D eigenvalue weighted by molar-refractivity contribution is 6.35. The van der Waals surface area contributed by atoms with E-state index < -0.39 is 12.0 Å². The Kier molecular flexibility index (Phi) is 6.82. The van der Waals surface area contributed by atoms with Gasteiger partial charge in [-0.25, -0.2) is 4.79 Å². The third-order valence-corrected chi connectivity index (χ3v) is 3.43. The van der Waals surface area contributed by atoms with Crippen molar-refractivity contribution in [2.24, 2.45) is 0 Å². The van der Waals surface area contributed by atoms with Crippen LogP contribution in [-0.2, 0) is 16.0 Å². The fourth-order valence-electron chi connectivity index (χ4n) is 1.79. The van der Waals surface area contributed by atoms with Gasteiger partial charge in [-0.15, -0.1) is 0 Å². The number of hydrogen-bond donors (Lipinski definition) is 2. The van der Waals surface area contributed by atoms with Crippen LogP contribution in [0.3, 0.4) is 0 Å². The molecule has 1 aromatic rings. The van der Waals surface area contributed by atoms with Gasteiger partial charge < -0.3 is 10.4 Å². The fraction of sp³-hybridized carbons (Fsp3) is 0.429. The van der Waals surface area contributed by atoms with Gasteiger partial charge >= 0.3 is 5.97 Å². The van der Waals surface area contributed by atoms with E-state index in [0.717, 1.165) is 5.56 Å². The predicted octanol–water partition coefficient (Wildman–Crippen LogP) is 3.30. The lowest BCUT2D eigenvalue weighted by molar-refractivity contribution is -0.142. The number of carbonyl (C=O) groups excluding carboxylic acids is 1. The lowest BCUT2D eigenvalue weighted by Gasteiger charge is -2.13. The number of aryl methyl sites for hydroxylation is 1. The average molecular weight is 318 g/mol. The fourth-order valence-corrected chi connectivity index (χ4v) is 2.29. The monoisotopic (exact) mass is 317 g/mol. The maximum Gasteiger partial charge on any atom is 0.326 e. The average Bonchev–Trinajstić information content (AvgIpc) is 2.37. The van der Waals surface area contributed by atoms with Gasteiger partial charge in [0, 0.05) is 16.5 Å². The van der Waals surface area contributed by atoms with Gasteiger partial charge in [-0.3, -0.25) is 4.79 Å². The van der Waals surface area contributed by atoms with Crippen LogP contribution in [0.25, 0.3) is 0 Å². The van der Waals surface area contributed by atoms with E-state index in [1.54, 1.807) is 18.2 Å². The summed E-state index contributed by atoms with van der Waals surface area (Å²) in [4.78, 5) is 22.7. The number of hydrogen-bond acceptors (Lipinski definition) is 2. The van der Waals surface area contributed by atoms with Crippen molar-refractivity contribution in [3.8, 4) is 0 Å². The molecule has 2 N–H and O–H groups in total. The Morgan fingerprint density at radius 1 is 1.35 bits per heavy atom. The molecule has 1 amide bonds. The number of benzene rings is 1. The maximum absolute atomic E-state index is 11.7. The Morgan fingerprint density at radius 3 is 2.60 bits per heavy atom. The van der Waals surface area contributed by atoms with Crippen molar-refractivity contribution in [3.05, 3.63) is 33.8 Å². The number of amides is 1. The zero-order valence-electron chi connectivity index (χ0n) is 11.2. The molecule has 0 heterocycles. The van der Waals surface area contributed by atoms with Gasteiger partial charge in [-0.05, 0) is 30.5 Å². The number of carbonyl (C=O) groups is 2. The molecule has 1 rings (SSSR count). The second-order valence-corrected chi connectivity index (χ2v) is 5.33. The summed E-state index contributed by atoms with van der Waals surface area (Å²) in [6, 6.07) is 4.26. The maximum atomic E-state index is 11.7. The van der Waals surface area contributed by atoms with Crippen LogP contribution >= 0.6 is 23.2 Å². The summed E-state index contributed by atoms with van der Waals surface area (Å²) in [5.41, 5.74) is 0.814. The molecular formula is C14H17Cl2NO3. The van der Waals surface area contributed by atoms with E-state index in [9.17, 15) is 9.59 Å². The lowest BCUT2D eigenvalue weighted by Crippen LogP contribution is -2.40. The first kappa shape index (κ1) is 16.8. The van der Waals surface area contributed by atoms with E-state index in [1.165, 1.54) is 0 Å². The number of carboxylic acids is 1. The molecule has 0 aromatic heterocycles. The molecule has 0 bridgehead atoms. The Hall–Kier alpha value is -1.26. The van der Waals surface area contributed by atoms with E-state index in [1.807, 2.05) is 6.92 Å². The van der Waals surface area contributed by atoms with Crippen LogP contribution in [0.5, 0.6) is 0 Å². The first-order chi connectivity index (χ1) is 9.43. The molecule has 0 saturated carbocycles. The molecule has 20 heavy (non-hydrogen) atoms. The van der Waals surface area contributed by atoms with E-state index >= 15 is 0 Å². The van der Waals surface area contributed by atoms with E-state index in [0.29, 0.717) is 29.3 Å². The SMILES string of the molecule is CCC[C@H](NC(=O)CCc1ccc(Cl)cc1Cl)C(=O)O. The van der Waals surface area contributed by atoms with Gasteiger partial charge in [0.15, 0.2) is 0 Å². The van der Waals surface area contributed by atoms with Crippen molar-refractivity contribution in [2.75, 3.05) is 0 Å². The van der Waals surface area contributed by atoms with Crippen molar-refractivity contribution < 1.29 is 14.7 Å². The number of nitrogens with one attached hydrogen (secondary N) is 1. The van der Waals surface area contributed by atoms with Gasteiger partial charge in [-0.2, -0.15) is 0 Å². The van der Waals surface area contributed by atoms with Crippen LogP contribution in [0.2, 0.25) is 10.0 Å². The van der Waals surface area contributed by atoms with Crippen LogP contribution in [-0.4, -0.2) is 23.0 Å². The normalized spacial score (nSPS) is 11.9. The molecule has 0 saturated heterocycles. The predicted molar refractivity (Wildman–Crippen MR) is 79.3 cm³/mol. The van der Waals surface area contributed by atoms with E-state index in [2.05, 4.69) is 5.32 Å². The van der Waals surface area contributed by atoms with Crippen LogP contribution in [0, 0.1) is 0 Å². The highest BCUT2D eigenvalue weighted by Gasteiger charge is 2.18. The standard InChI is InChI=1S/C14H17Cl2NO3/c1-2-3-12(14(19)20)17-13(18)7-5-9-4-6-10(15)8-11(9)16/h4,6,8,12H,2-3,5,7H2,1H3,(H,17,18)(H,19,20)/t12-/m0/s1. The van der Waals surface area contributed by atoms with Crippen LogP contribution < -0.4 is 5.32 Å². The lowest BCUT2D eigenvalue weighted by atomic mass is 10.1. The first-order valence-corrected chi connectivity index (χ1v) is 7.15. The minimum absolute atomic E-state index is 0.189. The Balaban J connectivity index is 2.52. The molecule has 6 heteroatoms. The summed E-state index contributed by atoms with van der Waals surface area (Å²) < 4.78 is 0. The number of halogens is 2. The molecule has 1 atom stereocenters. The summed E-state index contributed by atoms with van der Waals surface area (Å²) in [5, 5.41) is 12.5. The topological polar surface area (TPSA) is 66.4 Å². The first-order valence-electron chi connectivity index (χ1n) is 6.40. The second kappa shape index (κ2) is 8.12. The Bertz CT molecular complexity index is 491. The molecule has 0 fully saturated rings. The van der Waals surface area contributed by atoms with E-state index in [4.69, 9.17) is 28.3 Å². The van der Waals surface area contributed by atoms with Crippen LogP contribution in [0.4, 0.5) is 0 Å². The van der Waals surface area contributed by atoms with Crippen LogP contribution in [0.15, 0.2) is 18.2 Å². The molecule has 0 aliphatic heterocycles. The van der Waals surface area contributed by atoms with Crippen molar-refractivity contribution in [2.45, 2.75) is 38.6 Å². The van der Waals surface area contributed by atoms with Gasteiger partial charge in [-0.1, -0.05) is 42.6 Å². The third kappa shape index (κ3) is 5.39. The smallest absolute Gasteiger partial charge is 0.326 e. The number of aliphatic carboxylic acids is 1. The molecule has 4 nitrogen and oxygen atoms in total. The molecule has 0 unspecified atom stereocenters. The summed E-state index contributed by atoms with van der Waals surface area (Å²) in [7, 11) is 0. The van der Waals surface area contributed by atoms with Crippen molar-refractivity contribution in [1.82, 2.24) is 5.32 Å². The molecule has 0 spiro atoms. The third-order valence-electron chi connectivity index (χ3n) is 2.85. The highest BCUT2D eigenvalue weighted by Crippen LogP contribution is 2.22. The van der Waals surface area contributed by atoms with Gasteiger partial charge in [0.1, 0.15) is 6.04 Å². The van der Waals surface area contributed by atoms with Gasteiger partial charge in [0.2, 0.25) is 5.91 Å². The van der Waals surface area contributed by atoms with Crippen molar-refractivity contribution >= 4 is 35.1 Å². The summed E-state index contributed by atoms with van der Waals surface area (Å²) in [6.45, 7) is 1.87. The zero-order chi connectivity index (χ0) is 15.1. The molecular weight excluding hydrogens is 301 g/mol. The highest BCUT2D eigenvalue weighted by atomic mass is 35.5. The minimum atomic E-state index is -1.01. The zero-order valence-corrected chi connectivity index (χ0v) is 12.7. The minimum Gasteiger partial charge on any atom is -0.480 e. The molecule has 0 aliphatic rings. The quantitative estimate of drug-likeness (QED) is 0.810. The van der Waals surface area contributed by atoms with Crippen molar-refractivity contribution in [1.29, 1.82) is 0 Å². The number of rotatable bonds is 7. The molecule has 0 radical (unpaired) electrons. The summed E-state index contributed by atoms with van der Waals surface area (Å²) >= 11 is 11.8. The van der Waals surface area contributed by atoms with Crippen molar-refractivity contribution in [3.63, 3.8) is 0 Å². The van der Waals surface area contributed by atoms with E-state index in [-0.39, 0.29) is 12.3 Å². The van der Waals surface area contributed by atoms with Gasteiger partial charge in [0.05, 0.1) is 0 Å². The summed E-state index contributed by atoms with van der Waals surface area (Å²) in [5.74, 6) is -1.30. The number of carboxylic acid groups (broad SMARTS) is 1. The van der Waals surface area contributed by atoms with Crippen LogP contribution in [0.1, 0.15) is 31.7 Å². The molecule has 1 aromatic carbocycles. The Morgan fingerprint density at radius 2 is 2.05 bits per heavy atom. The molecule has 110 valence electrons.